The summed E-state index contributed by atoms with van der Waals surface area (Å²) in [5.41, 5.74) is 1.47. The molecule has 164 valence electrons. The van der Waals surface area contributed by atoms with E-state index in [9.17, 15) is 14.0 Å². The molecular formula is C21H21Cl2FN4O3. The van der Waals surface area contributed by atoms with Gasteiger partial charge in [0.15, 0.2) is 0 Å². The highest BCUT2D eigenvalue weighted by Crippen LogP contribution is 2.34. The largest absolute Gasteiger partial charge is 0.379 e. The lowest BCUT2D eigenvalue weighted by Gasteiger charge is -2.26. The number of anilines is 2. The molecule has 1 aromatic heterocycles. The number of carbonyl (C=O) groups is 2. The van der Waals surface area contributed by atoms with Crippen LogP contribution < -0.4 is 10.6 Å². The van der Waals surface area contributed by atoms with Crippen molar-refractivity contribution in [1.29, 1.82) is 0 Å². The molecule has 0 bridgehead atoms. The van der Waals surface area contributed by atoms with E-state index < -0.39 is 23.9 Å². The van der Waals surface area contributed by atoms with Crippen molar-refractivity contribution < 1.29 is 18.7 Å². The van der Waals surface area contributed by atoms with Crippen LogP contribution in [0.15, 0.2) is 30.5 Å². The summed E-state index contributed by atoms with van der Waals surface area (Å²) in [6.45, 7) is 3.69. The highest BCUT2D eigenvalue weighted by Gasteiger charge is 2.43. The van der Waals surface area contributed by atoms with Gasteiger partial charge in [0.05, 0.1) is 34.7 Å². The lowest BCUT2D eigenvalue weighted by molar-refractivity contribution is -0.117. The monoisotopic (exact) mass is 466 g/mol. The number of amides is 2. The summed E-state index contributed by atoms with van der Waals surface area (Å²) in [7, 11) is 0. The quantitative estimate of drug-likeness (QED) is 0.676. The molecule has 4 rings (SSSR count). The van der Waals surface area contributed by atoms with Gasteiger partial charge in [-0.15, -0.1) is 0 Å². The molecule has 0 radical (unpaired) electrons. The highest BCUT2D eigenvalue weighted by atomic mass is 35.5. The van der Waals surface area contributed by atoms with Gasteiger partial charge in [-0.2, -0.15) is 0 Å². The first-order chi connectivity index (χ1) is 14.9. The van der Waals surface area contributed by atoms with Crippen molar-refractivity contribution in [3.05, 3.63) is 51.6 Å². The zero-order valence-electron chi connectivity index (χ0n) is 16.5. The molecule has 2 N–H and O–H groups in total. The van der Waals surface area contributed by atoms with E-state index in [0.29, 0.717) is 25.4 Å². The zero-order valence-corrected chi connectivity index (χ0v) is 18.0. The Bertz CT molecular complexity index is 977. The zero-order chi connectivity index (χ0) is 22.0. The first-order valence-electron chi connectivity index (χ1n) is 9.91. The lowest BCUT2D eigenvalue weighted by Crippen LogP contribution is -2.35. The Balaban J connectivity index is 1.43. The number of carbonyl (C=O) groups excluding carboxylic acids is 2. The second kappa shape index (κ2) is 9.48. The predicted octanol–water partition coefficient (Wildman–Crippen LogP) is 3.77. The highest BCUT2D eigenvalue weighted by molar-refractivity contribution is 6.40. The van der Waals surface area contributed by atoms with Crippen LogP contribution in [0.25, 0.3) is 0 Å². The number of alkyl halides is 1. The van der Waals surface area contributed by atoms with Gasteiger partial charge in [-0.05, 0) is 30.2 Å². The van der Waals surface area contributed by atoms with Crippen LogP contribution in [0, 0.1) is 5.92 Å². The fourth-order valence-electron chi connectivity index (χ4n) is 3.38. The number of aromatic nitrogens is 1. The number of benzene rings is 1. The second-order valence-electron chi connectivity index (χ2n) is 7.55. The van der Waals surface area contributed by atoms with E-state index in [0.717, 1.165) is 18.7 Å². The van der Waals surface area contributed by atoms with E-state index in [-0.39, 0.29) is 27.8 Å². The van der Waals surface area contributed by atoms with Crippen molar-refractivity contribution in [3.8, 4) is 0 Å². The number of morpholine rings is 1. The number of hydrogen-bond acceptors (Lipinski definition) is 5. The molecule has 1 saturated carbocycles. The minimum atomic E-state index is -1.10. The summed E-state index contributed by atoms with van der Waals surface area (Å²) in [5.74, 6) is -1.32. The smallest absolute Gasteiger partial charge is 0.258 e. The molecule has 1 aromatic carbocycles. The molecule has 1 aliphatic heterocycles. The molecule has 2 atom stereocenters. The van der Waals surface area contributed by atoms with Gasteiger partial charge in [-0.25, -0.2) is 9.37 Å². The Hall–Kier alpha value is -2.26. The lowest BCUT2D eigenvalue weighted by atomic mass is 10.1. The molecule has 31 heavy (non-hydrogen) atoms. The number of nitrogens with zero attached hydrogens (tertiary/aromatic N) is 2. The van der Waals surface area contributed by atoms with Crippen LogP contribution in [0.1, 0.15) is 22.3 Å². The van der Waals surface area contributed by atoms with Gasteiger partial charge in [-0.1, -0.05) is 23.2 Å². The maximum absolute atomic E-state index is 13.0. The number of halogens is 3. The average molecular weight is 467 g/mol. The molecule has 1 saturated heterocycles. The molecule has 2 aromatic rings. The second-order valence-corrected chi connectivity index (χ2v) is 8.37. The molecule has 0 spiro atoms. The number of nitrogens with one attached hydrogen (secondary N) is 2. The van der Waals surface area contributed by atoms with Crippen molar-refractivity contribution in [2.75, 3.05) is 36.9 Å². The van der Waals surface area contributed by atoms with Crippen molar-refractivity contribution in [2.45, 2.75) is 19.1 Å². The molecule has 0 unspecified atom stereocenters. The van der Waals surface area contributed by atoms with Gasteiger partial charge in [-0.3, -0.25) is 14.5 Å². The molecule has 10 heteroatoms. The Morgan fingerprint density at radius 1 is 1.16 bits per heavy atom. The van der Waals surface area contributed by atoms with E-state index in [1.54, 1.807) is 18.2 Å². The molecule has 2 fully saturated rings. The first kappa shape index (κ1) is 22.0. The normalized spacial score (nSPS) is 20.9. The maximum atomic E-state index is 13.0. The molecule has 2 amide bonds. The predicted molar refractivity (Wildman–Crippen MR) is 116 cm³/mol. The van der Waals surface area contributed by atoms with E-state index in [1.165, 1.54) is 12.3 Å². The van der Waals surface area contributed by atoms with Gasteiger partial charge in [0.25, 0.3) is 5.91 Å². The van der Waals surface area contributed by atoms with Crippen molar-refractivity contribution in [2.24, 2.45) is 5.92 Å². The van der Waals surface area contributed by atoms with E-state index >= 15 is 0 Å². The molecule has 1 aliphatic carbocycles. The SMILES string of the molecule is O=C(Nc1ccnc(NC(=O)[C@H]2C[C@H]2F)c1)c1c(Cl)cc(CN2CCOCC2)cc1Cl. The summed E-state index contributed by atoms with van der Waals surface area (Å²) in [4.78, 5) is 30.9. The fraction of sp³-hybridized carbons (Fsp3) is 0.381. The molecular weight excluding hydrogens is 446 g/mol. The summed E-state index contributed by atoms with van der Waals surface area (Å²) in [6, 6.07) is 6.52. The van der Waals surface area contributed by atoms with Gasteiger partial charge in [0.2, 0.25) is 5.91 Å². The molecule has 2 aliphatic rings. The van der Waals surface area contributed by atoms with Crippen molar-refractivity contribution in [1.82, 2.24) is 9.88 Å². The standard InChI is InChI=1S/C21H21Cl2FN4O3/c22-15-7-12(11-28-3-5-31-6-4-28)8-16(23)19(15)21(30)26-13-1-2-25-18(9-13)27-20(29)14-10-17(14)24/h1-2,7-9,14,17H,3-6,10-11H2,(H2,25,26,27,29,30)/t14-,17+/m0/s1. The van der Waals surface area contributed by atoms with Crippen LogP contribution in [-0.4, -0.2) is 54.2 Å². The number of hydrogen-bond donors (Lipinski definition) is 2. The van der Waals surface area contributed by atoms with E-state index in [1.807, 2.05) is 0 Å². The number of rotatable bonds is 6. The Kier molecular flexibility index (Phi) is 6.71. The van der Waals surface area contributed by atoms with Crippen LogP contribution in [-0.2, 0) is 16.1 Å². The summed E-state index contributed by atoms with van der Waals surface area (Å²) < 4.78 is 18.4. The van der Waals surface area contributed by atoms with Crippen LogP contribution >= 0.6 is 23.2 Å². The third-order valence-corrected chi connectivity index (χ3v) is 5.75. The minimum Gasteiger partial charge on any atom is -0.379 e. The maximum Gasteiger partial charge on any atom is 0.258 e. The van der Waals surface area contributed by atoms with Crippen LogP contribution in [0.5, 0.6) is 0 Å². The topological polar surface area (TPSA) is 83.6 Å². The van der Waals surface area contributed by atoms with Gasteiger partial charge in [0.1, 0.15) is 12.0 Å². The van der Waals surface area contributed by atoms with Crippen molar-refractivity contribution in [3.63, 3.8) is 0 Å². The summed E-state index contributed by atoms with van der Waals surface area (Å²) in [5, 5.41) is 5.75. The van der Waals surface area contributed by atoms with Crippen LogP contribution in [0.2, 0.25) is 10.0 Å². The Morgan fingerprint density at radius 2 is 1.84 bits per heavy atom. The first-order valence-corrected chi connectivity index (χ1v) is 10.7. The van der Waals surface area contributed by atoms with E-state index in [2.05, 4.69) is 20.5 Å². The third kappa shape index (κ3) is 5.51. The van der Waals surface area contributed by atoms with Crippen LogP contribution in [0.3, 0.4) is 0 Å². The fourth-order valence-corrected chi connectivity index (χ4v) is 4.08. The Morgan fingerprint density at radius 3 is 2.48 bits per heavy atom. The summed E-state index contributed by atoms with van der Waals surface area (Å²) in [6.07, 6.45) is 0.555. The third-order valence-electron chi connectivity index (χ3n) is 5.16. The summed E-state index contributed by atoms with van der Waals surface area (Å²) >= 11 is 12.8. The van der Waals surface area contributed by atoms with Crippen molar-refractivity contribution >= 4 is 46.5 Å². The molecule has 7 nitrogen and oxygen atoms in total. The number of ether oxygens (including phenoxy) is 1. The van der Waals surface area contributed by atoms with E-state index in [4.69, 9.17) is 27.9 Å². The van der Waals surface area contributed by atoms with Gasteiger partial charge >= 0.3 is 0 Å². The Labute approximate surface area is 188 Å². The number of pyridine rings is 1. The van der Waals surface area contributed by atoms with Gasteiger partial charge in [0, 0.05) is 37.6 Å². The van der Waals surface area contributed by atoms with Gasteiger partial charge < -0.3 is 15.4 Å². The average Bonchev–Trinajstić information content (AvgIpc) is 3.45. The molecule has 2 heterocycles. The van der Waals surface area contributed by atoms with Crippen LogP contribution in [0.4, 0.5) is 15.9 Å². The minimum absolute atomic E-state index is 0.162.